The average Bonchev–Trinajstić information content (AvgIpc) is 1.97. The fourth-order valence-electron chi connectivity index (χ4n) is 0.470. The van der Waals surface area contributed by atoms with Gasteiger partial charge < -0.3 is 4.74 Å². The molecule has 0 aromatic carbocycles. The van der Waals surface area contributed by atoms with Gasteiger partial charge in [-0.2, -0.15) is 0 Å². The van der Waals surface area contributed by atoms with Crippen LogP contribution in [0, 0.1) is 0 Å². The smallest absolute Gasteiger partial charge is 0.142 e. The Morgan fingerprint density at radius 1 is 1.33 bits per heavy atom. The van der Waals surface area contributed by atoms with Crippen molar-refractivity contribution in [3.8, 4) is 0 Å². The number of hydrogen-bond donors (Lipinski definition) is 0. The first-order valence-electron chi connectivity index (χ1n) is 3.73. The second kappa shape index (κ2) is 4.41. The molecule has 0 unspecified atom stereocenters. The van der Waals surface area contributed by atoms with Crippen molar-refractivity contribution in [1.29, 1.82) is 0 Å². The third-order valence-corrected chi connectivity index (χ3v) is 1.86. The SMILES string of the molecule is C=C(/C=C\C(=C)C(C)(C)[SH2+])OC. The minimum Gasteiger partial charge on any atom is -0.497 e. The summed E-state index contributed by atoms with van der Waals surface area (Å²) in [6, 6.07) is 0. The highest BCUT2D eigenvalue weighted by Gasteiger charge is 2.19. The zero-order chi connectivity index (χ0) is 9.78. The summed E-state index contributed by atoms with van der Waals surface area (Å²) in [6.45, 7) is 11.6. The van der Waals surface area contributed by atoms with Crippen molar-refractivity contribution in [2.45, 2.75) is 18.6 Å². The fraction of sp³-hybridized carbons (Fsp3) is 0.400. The molecule has 0 amide bonds. The van der Waals surface area contributed by atoms with E-state index in [0.29, 0.717) is 5.76 Å². The van der Waals surface area contributed by atoms with Crippen LogP contribution in [0.1, 0.15) is 13.8 Å². The Hall–Kier alpha value is -0.630. The van der Waals surface area contributed by atoms with Gasteiger partial charge in [0.2, 0.25) is 0 Å². The van der Waals surface area contributed by atoms with Gasteiger partial charge >= 0.3 is 0 Å². The van der Waals surface area contributed by atoms with Crippen molar-refractivity contribution in [1.82, 2.24) is 0 Å². The molecule has 0 aliphatic rings. The van der Waals surface area contributed by atoms with Crippen molar-refractivity contribution in [2.75, 3.05) is 7.11 Å². The summed E-state index contributed by atoms with van der Waals surface area (Å²) < 4.78 is 4.80. The standard InChI is InChI=1S/C10H16OS/c1-8(10(3,4)12)6-7-9(2)11-5/h6-7,12H,1-2H2,3-5H3/p+1/b7-6-. The molecule has 0 aliphatic carbocycles. The van der Waals surface area contributed by atoms with E-state index >= 15 is 0 Å². The van der Waals surface area contributed by atoms with Crippen molar-refractivity contribution >= 4 is 12.6 Å². The Morgan fingerprint density at radius 2 is 1.83 bits per heavy atom. The lowest BCUT2D eigenvalue weighted by Gasteiger charge is -2.10. The van der Waals surface area contributed by atoms with E-state index in [1.807, 2.05) is 19.9 Å². The summed E-state index contributed by atoms with van der Waals surface area (Å²) in [7, 11) is 1.59. The van der Waals surface area contributed by atoms with E-state index in [9.17, 15) is 0 Å². The normalized spacial score (nSPS) is 11.7. The van der Waals surface area contributed by atoms with Crippen LogP contribution in [0.5, 0.6) is 0 Å². The highest BCUT2D eigenvalue weighted by atomic mass is 32.1. The number of hydrogen-bond acceptors (Lipinski definition) is 1. The van der Waals surface area contributed by atoms with Gasteiger partial charge in [-0.05, 0) is 38.1 Å². The van der Waals surface area contributed by atoms with Crippen LogP contribution in [0.15, 0.2) is 36.6 Å². The monoisotopic (exact) mass is 185 g/mol. The molecule has 1 nitrogen and oxygen atoms in total. The molecule has 2 heteroatoms. The molecule has 68 valence electrons. The van der Waals surface area contributed by atoms with Gasteiger partial charge in [0.15, 0.2) is 0 Å². The van der Waals surface area contributed by atoms with Gasteiger partial charge in [-0.1, -0.05) is 19.2 Å². The Balaban J connectivity index is 4.19. The molecule has 0 aromatic heterocycles. The van der Waals surface area contributed by atoms with E-state index in [0.717, 1.165) is 5.57 Å². The molecule has 0 spiro atoms. The minimum atomic E-state index is -0.0788. The third kappa shape index (κ3) is 4.29. The second-order valence-corrected chi connectivity index (χ2v) is 4.40. The second-order valence-electron chi connectivity index (χ2n) is 3.15. The van der Waals surface area contributed by atoms with Gasteiger partial charge in [-0.15, -0.1) is 0 Å². The molecule has 0 fully saturated rings. The zero-order valence-corrected chi connectivity index (χ0v) is 8.98. The minimum absolute atomic E-state index is 0.0788. The summed E-state index contributed by atoms with van der Waals surface area (Å²) in [5.41, 5.74) is 0.984. The summed E-state index contributed by atoms with van der Waals surface area (Å²) >= 11 is 3.55. The van der Waals surface area contributed by atoms with Crippen LogP contribution in [0.25, 0.3) is 0 Å². The van der Waals surface area contributed by atoms with Gasteiger partial charge in [0.05, 0.1) is 7.11 Å². The molecular formula is C10H17OS+. The van der Waals surface area contributed by atoms with Crippen LogP contribution in [-0.4, -0.2) is 11.9 Å². The number of methoxy groups -OCH3 is 1. The molecule has 0 radical (unpaired) electrons. The molecule has 0 aliphatic heterocycles. The fourth-order valence-corrected chi connectivity index (χ4v) is 0.553. The van der Waals surface area contributed by atoms with Crippen molar-refractivity contribution in [3.63, 3.8) is 0 Å². The Labute approximate surface area is 80.2 Å². The lowest BCUT2D eigenvalue weighted by Crippen LogP contribution is -2.16. The summed E-state index contributed by atoms with van der Waals surface area (Å²) in [5, 5.41) is 0. The Kier molecular flexibility index (Phi) is 4.18. The predicted molar refractivity (Wildman–Crippen MR) is 58.7 cm³/mol. The maximum Gasteiger partial charge on any atom is 0.142 e. The molecule has 0 N–H and O–H groups in total. The average molecular weight is 185 g/mol. The quantitative estimate of drug-likeness (QED) is 0.370. The van der Waals surface area contributed by atoms with Crippen LogP contribution in [0.2, 0.25) is 0 Å². The van der Waals surface area contributed by atoms with Crippen LogP contribution in [-0.2, 0) is 17.4 Å². The van der Waals surface area contributed by atoms with Gasteiger partial charge in [-0.3, -0.25) is 0 Å². The van der Waals surface area contributed by atoms with E-state index in [4.69, 9.17) is 4.74 Å². The lowest BCUT2D eigenvalue weighted by atomic mass is 10.0. The molecule has 0 heterocycles. The van der Waals surface area contributed by atoms with Gasteiger partial charge in [0, 0.05) is 0 Å². The predicted octanol–water partition coefficient (Wildman–Crippen LogP) is 2.05. The molecule has 0 saturated carbocycles. The van der Waals surface area contributed by atoms with Gasteiger partial charge in [-0.25, -0.2) is 0 Å². The lowest BCUT2D eigenvalue weighted by molar-refractivity contribution is 0.309. The van der Waals surface area contributed by atoms with E-state index in [2.05, 4.69) is 25.8 Å². The van der Waals surface area contributed by atoms with Crippen LogP contribution < -0.4 is 0 Å². The molecule has 12 heavy (non-hydrogen) atoms. The highest BCUT2D eigenvalue weighted by molar-refractivity contribution is 7.60. The summed E-state index contributed by atoms with van der Waals surface area (Å²) in [6.07, 6.45) is 3.68. The summed E-state index contributed by atoms with van der Waals surface area (Å²) in [5.74, 6) is 0.632. The largest absolute Gasteiger partial charge is 0.497 e. The van der Waals surface area contributed by atoms with E-state index < -0.39 is 0 Å². The molecule has 0 atom stereocenters. The highest BCUT2D eigenvalue weighted by Crippen LogP contribution is 2.16. The summed E-state index contributed by atoms with van der Waals surface area (Å²) in [4.78, 5) is 0. The van der Waals surface area contributed by atoms with Crippen molar-refractivity contribution < 1.29 is 4.74 Å². The van der Waals surface area contributed by atoms with E-state index in [1.54, 1.807) is 13.2 Å². The van der Waals surface area contributed by atoms with Crippen molar-refractivity contribution in [2.24, 2.45) is 0 Å². The third-order valence-electron chi connectivity index (χ3n) is 1.54. The number of allylic oxidation sites excluding steroid dienone is 2. The van der Waals surface area contributed by atoms with Crippen LogP contribution >= 0.6 is 0 Å². The number of rotatable bonds is 4. The Bertz CT molecular complexity index is 208. The maximum absolute atomic E-state index is 4.87. The molecular weight excluding hydrogens is 168 g/mol. The maximum atomic E-state index is 4.87. The number of ether oxygens (including phenoxy) is 1. The topological polar surface area (TPSA) is 9.23 Å². The molecule has 0 aromatic rings. The van der Waals surface area contributed by atoms with E-state index in [-0.39, 0.29) is 4.75 Å². The van der Waals surface area contributed by atoms with Gasteiger partial charge in [0.1, 0.15) is 10.5 Å². The van der Waals surface area contributed by atoms with E-state index in [1.165, 1.54) is 0 Å². The zero-order valence-electron chi connectivity index (χ0n) is 7.98. The van der Waals surface area contributed by atoms with Crippen molar-refractivity contribution in [3.05, 3.63) is 36.6 Å². The van der Waals surface area contributed by atoms with Crippen LogP contribution in [0.4, 0.5) is 0 Å². The molecule has 0 bridgehead atoms. The Morgan fingerprint density at radius 3 is 2.17 bits per heavy atom. The molecule has 0 rings (SSSR count). The van der Waals surface area contributed by atoms with Crippen LogP contribution in [0.3, 0.4) is 0 Å². The first kappa shape index (κ1) is 11.4. The first-order valence-corrected chi connectivity index (χ1v) is 4.23. The van der Waals surface area contributed by atoms with Gasteiger partial charge in [0.25, 0.3) is 0 Å². The molecule has 0 saturated heterocycles. The first-order chi connectivity index (χ1) is 5.38.